The van der Waals surface area contributed by atoms with E-state index in [-0.39, 0.29) is 5.91 Å². The molecule has 1 heterocycles. The van der Waals surface area contributed by atoms with E-state index in [1.165, 1.54) is 5.56 Å². The van der Waals surface area contributed by atoms with Crippen LogP contribution in [-0.4, -0.2) is 10.9 Å². The van der Waals surface area contributed by atoms with Crippen molar-refractivity contribution in [3.8, 4) is 0 Å². The lowest BCUT2D eigenvalue weighted by atomic mass is 10.1. The van der Waals surface area contributed by atoms with Crippen molar-refractivity contribution in [3.05, 3.63) is 69.3 Å². The first kappa shape index (κ1) is 14.9. The Bertz CT molecular complexity index is 838. The summed E-state index contributed by atoms with van der Waals surface area (Å²) in [5.74, 6) is -0.238. The van der Waals surface area contributed by atoms with Crippen LogP contribution < -0.4 is 5.32 Å². The molecule has 1 amide bonds. The van der Waals surface area contributed by atoms with Crippen LogP contribution in [0.25, 0.3) is 10.9 Å². The van der Waals surface area contributed by atoms with Crippen LogP contribution in [0.1, 0.15) is 21.6 Å². The molecule has 0 saturated carbocycles. The molecule has 0 aliphatic rings. The third kappa shape index (κ3) is 2.96. The van der Waals surface area contributed by atoms with E-state index in [2.05, 4.69) is 10.3 Å². The summed E-state index contributed by atoms with van der Waals surface area (Å²) in [7, 11) is 0. The van der Waals surface area contributed by atoms with Crippen LogP contribution in [-0.2, 0) is 6.54 Å². The SMILES string of the molecule is Cc1ccc(CNC(=O)c2[nH]c3ccc(Cl)cc3c2Cl)cc1. The number of fused-ring (bicyclic) bond motifs is 1. The van der Waals surface area contributed by atoms with Crippen molar-refractivity contribution in [1.29, 1.82) is 0 Å². The summed E-state index contributed by atoms with van der Waals surface area (Å²) in [6.07, 6.45) is 0. The first-order valence-corrected chi connectivity index (χ1v) is 7.60. The van der Waals surface area contributed by atoms with Crippen LogP contribution >= 0.6 is 23.2 Å². The van der Waals surface area contributed by atoms with Crippen molar-refractivity contribution in [1.82, 2.24) is 10.3 Å². The number of hydrogen-bond donors (Lipinski definition) is 2. The zero-order valence-electron chi connectivity index (χ0n) is 11.9. The summed E-state index contributed by atoms with van der Waals surface area (Å²) in [5.41, 5.74) is 3.36. The minimum absolute atomic E-state index is 0.238. The first-order chi connectivity index (χ1) is 10.5. The number of hydrogen-bond acceptors (Lipinski definition) is 1. The fourth-order valence-electron chi connectivity index (χ4n) is 2.26. The van der Waals surface area contributed by atoms with E-state index in [4.69, 9.17) is 23.2 Å². The summed E-state index contributed by atoms with van der Waals surface area (Å²) in [6, 6.07) is 13.3. The molecule has 0 fully saturated rings. The van der Waals surface area contributed by atoms with Gasteiger partial charge in [-0.2, -0.15) is 0 Å². The molecule has 2 N–H and O–H groups in total. The molecule has 3 rings (SSSR count). The standard InChI is InChI=1S/C17H14Cl2N2O/c1-10-2-4-11(5-3-10)9-20-17(22)16-15(19)13-8-12(18)6-7-14(13)21-16/h2-8,21H,9H2,1H3,(H,20,22). The number of amides is 1. The van der Waals surface area contributed by atoms with Gasteiger partial charge in [0, 0.05) is 22.5 Å². The number of halogens is 2. The molecule has 0 aliphatic carbocycles. The monoisotopic (exact) mass is 332 g/mol. The van der Waals surface area contributed by atoms with Crippen LogP contribution in [0.4, 0.5) is 0 Å². The zero-order valence-corrected chi connectivity index (χ0v) is 13.4. The molecule has 1 aromatic heterocycles. The summed E-state index contributed by atoms with van der Waals surface area (Å²) in [6.45, 7) is 2.48. The summed E-state index contributed by atoms with van der Waals surface area (Å²) in [4.78, 5) is 15.3. The van der Waals surface area contributed by atoms with Gasteiger partial charge in [-0.3, -0.25) is 4.79 Å². The zero-order chi connectivity index (χ0) is 15.7. The summed E-state index contributed by atoms with van der Waals surface area (Å²) >= 11 is 12.2. The maximum atomic E-state index is 12.3. The van der Waals surface area contributed by atoms with Gasteiger partial charge < -0.3 is 10.3 Å². The Morgan fingerprint density at radius 2 is 1.86 bits per heavy atom. The Labute approximate surface area is 138 Å². The number of aromatic amines is 1. The van der Waals surface area contributed by atoms with E-state index in [9.17, 15) is 4.79 Å². The Morgan fingerprint density at radius 3 is 2.59 bits per heavy atom. The molecule has 0 spiro atoms. The van der Waals surface area contributed by atoms with Gasteiger partial charge in [0.15, 0.2) is 0 Å². The van der Waals surface area contributed by atoms with Crippen molar-refractivity contribution in [2.75, 3.05) is 0 Å². The second-order valence-electron chi connectivity index (χ2n) is 5.17. The molecule has 5 heteroatoms. The van der Waals surface area contributed by atoms with Crippen molar-refractivity contribution < 1.29 is 4.79 Å². The lowest BCUT2D eigenvalue weighted by Gasteiger charge is -2.05. The van der Waals surface area contributed by atoms with Gasteiger partial charge in [0.1, 0.15) is 5.69 Å². The average Bonchev–Trinajstić information content (AvgIpc) is 2.83. The molecule has 0 radical (unpaired) electrons. The molecule has 112 valence electrons. The largest absolute Gasteiger partial charge is 0.349 e. The minimum Gasteiger partial charge on any atom is -0.349 e. The van der Waals surface area contributed by atoms with Gasteiger partial charge in [0.05, 0.1) is 5.02 Å². The van der Waals surface area contributed by atoms with Gasteiger partial charge in [-0.05, 0) is 30.7 Å². The van der Waals surface area contributed by atoms with Crippen molar-refractivity contribution in [2.45, 2.75) is 13.5 Å². The molecule has 3 nitrogen and oxygen atoms in total. The van der Waals surface area contributed by atoms with Gasteiger partial charge in [0.25, 0.3) is 5.91 Å². The van der Waals surface area contributed by atoms with Crippen LogP contribution in [0.2, 0.25) is 10.0 Å². The van der Waals surface area contributed by atoms with Crippen LogP contribution in [0.5, 0.6) is 0 Å². The normalized spacial score (nSPS) is 10.9. The number of aromatic nitrogens is 1. The second-order valence-corrected chi connectivity index (χ2v) is 5.99. The van der Waals surface area contributed by atoms with Crippen LogP contribution in [0.3, 0.4) is 0 Å². The molecule has 0 bridgehead atoms. The molecule has 3 aromatic rings. The highest BCUT2D eigenvalue weighted by Gasteiger charge is 2.16. The first-order valence-electron chi connectivity index (χ1n) is 6.85. The van der Waals surface area contributed by atoms with Gasteiger partial charge in [-0.25, -0.2) is 0 Å². The lowest BCUT2D eigenvalue weighted by Crippen LogP contribution is -2.23. The number of carbonyl (C=O) groups excluding carboxylic acids is 1. The number of benzene rings is 2. The topological polar surface area (TPSA) is 44.9 Å². The Kier molecular flexibility index (Phi) is 4.10. The maximum Gasteiger partial charge on any atom is 0.269 e. The fourth-order valence-corrected chi connectivity index (χ4v) is 2.73. The van der Waals surface area contributed by atoms with Gasteiger partial charge in [0.2, 0.25) is 0 Å². The van der Waals surface area contributed by atoms with E-state index in [1.54, 1.807) is 18.2 Å². The van der Waals surface area contributed by atoms with E-state index in [1.807, 2.05) is 31.2 Å². The third-order valence-corrected chi connectivity index (χ3v) is 4.13. The molecular weight excluding hydrogens is 319 g/mol. The molecule has 22 heavy (non-hydrogen) atoms. The fraction of sp³-hybridized carbons (Fsp3) is 0.118. The molecule has 0 aliphatic heterocycles. The highest BCUT2D eigenvalue weighted by Crippen LogP contribution is 2.29. The van der Waals surface area contributed by atoms with Crippen molar-refractivity contribution in [3.63, 3.8) is 0 Å². The molecule has 0 saturated heterocycles. The second kappa shape index (κ2) is 6.03. The number of nitrogens with one attached hydrogen (secondary N) is 2. The van der Waals surface area contributed by atoms with Gasteiger partial charge in [-0.1, -0.05) is 53.0 Å². The maximum absolute atomic E-state index is 12.3. The van der Waals surface area contributed by atoms with E-state index < -0.39 is 0 Å². The van der Waals surface area contributed by atoms with E-state index in [0.29, 0.717) is 22.3 Å². The Hall–Kier alpha value is -1.97. The Morgan fingerprint density at radius 1 is 1.14 bits per heavy atom. The minimum atomic E-state index is -0.238. The highest BCUT2D eigenvalue weighted by molar-refractivity contribution is 6.39. The molecule has 0 atom stereocenters. The number of rotatable bonds is 3. The summed E-state index contributed by atoms with van der Waals surface area (Å²) in [5, 5.41) is 4.58. The van der Waals surface area contributed by atoms with Gasteiger partial charge >= 0.3 is 0 Å². The quantitative estimate of drug-likeness (QED) is 0.716. The number of carbonyl (C=O) groups is 1. The van der Waals surface area contributed by atoms with Crippen LogP contribution in [0.15, 0.2) is 42.5 Å². The number of aryl methyl sites for hydroxylation is 1. The molecular formula is C17H14Cl2N2O. The Balaban J connectivity index is 1.80. The van der Waals surface area contributed by atoms with E-state index in [0.717, 1.165) is 16.5 Å². The van der Waals surface area contributed by atoms with Crippen molar-refractivity contribution in [2.24, 2.45) is 0 Å². The summed E-state index contributed by atoms with van der Waals surface area (Å²) < 4.78 is 0. The number of H-pyrrole nitrogens is 1. The van der Waals surface area contributed by atoms with Crippen LogP contribution in [0, 0.1) is 6.92 Å². The predicted octanol–water partition coefficient (Wildman–Crippen LogP) is 4.71. The third-order valence-electron chi connectivity index (χ3n) is 3.50. The molecule has 2 aromatic carbocycles. The smallest absolute Gasteiger partial charge is 0.269 e. The van der Waals surface area contributed by atoms with Crippen molar-refractivity contribution >= 4 is 40.0 Å². The van der Waals surface area contributed by atoms with E-state index >= 15 is 0 Å². The average molecular weight is 333 g/mol. The van der Waals surface area contributed by atoms with Gasteiger partial charge in [-0.15, -0.1) is 0 Å². The lowest BCUT2D eigenvalue weighted by molar-refractivity contribution is 0.0947. The molecule has 0 unspecified atom stereocenters. The highest BCUT2D eigenvalue weighted by atomic mass is 35.5. The predicted molar refractivity (Wildman–Crippen MR) is 90.7 cm³/mol.